The molecule has 1 aromatic heterocycles. The average Bonchev–Trinajstić information content (AvgIpc) is 2.38. The van der Waals surface area contributed by atoms with E-state index in [1.165, 1.54) is 0 Å². The molecule has 0 aliphatic heterocycles. The Labute approximate surface area is 135 Å². The van der Waals surface area contributed by atoms with E-state index >= 15 is 0 Å². The summed E-state index contributed by atoms with van der Waals surface area (Å²) in [7, 11) is 0. The van der Waals surface area contributed by atoms with Gasteiger partial charge in [0.05, 0.1) is 20.2 Å². The highest BCUT2D eigenvalue weighted by Gasteiger charge is 2.10. The summed E-state index contributed by atoms with van der Waals surface area (Å²) in [5.74, 6) is 0.670. The molecule has 0 N–H and O–H groups in total. The fraction of sp³-hybridized carbons (Fsp3) is 0.231. The van der Waals surface area contributed by atoms with E-state index in [9.17, 15) is 0 Å². The molecule has 2 aromatic rings. The minimum absolute atomic E-state index is 0.432. The Balaban J connectivity index is 2.32. The second-order valence-electron chi connectivity index (χ2n) is 3.97. The summed E-state index contributed by atoms with van der Waals surface area (Å²) < 4.78 is 0.759. The van der Waals surface area contributed by atoms with E-state index in [1.54, 1.807) is 6.07 Å². The van der Waals surface area contributed by atoms with E-state index in [2.05, 4.69) is 25.9 Å². The largest absolute Gasteiger partial charge is 0.236 e. The van der Waals surface area contributed by atoms with Crippen molar-refractivity contribution in [2.75, 3.05) is 0 Å². The van der Waals surface area contributed by atoms with Crippen LogP contribution in [0.2, 0.25) is 15.2 Å². The van der Waals surface area contributed by atoms with Crippen LogP contribution < -0.4 is 0 Å². The molecule has 6 heteroatoms. The lowest BCUT2D eigenvalue weighted by Gasteiger charge is -2.07. The first-order valence-electron chi connectivity index (χ1n) is 5.66. The zero-order valence-corrected chi connectivity index (χ0v) is 13.9. The standard InChI is InChI=1S/C13H10BrCl3N2/c1-2-10-12(14)13(17)19-11(18-10)6-7-3-4-8(15)9(16)5-7/h3-5H,2,6H2,1H3. The Morgan fingerprint density at radius 1 is 1.11 bits per heavy atom. The predicted molar refractivity (Wildman–Crippen MR) is 83.4 cm³/mol. The molecule has 0 aliphatic rings. The van der Waals surface area contributed by atoms with Crippen LogP contribution in [-0.2, 0) is 12.8 Å². The molecule has 2 nitrogen and oxygen atoms in total. The van der Waals surface area contributed by atoms with Gasteiger partial charge >= 0.3 is 0 Å². The van der Waals surface area contributed by atoms with Gasteiger partial charge in [-0.1, -0.05) is 47.8 Å². The zero-order chi connectivity index (χ0) is 14.0. The van der Waals surface area contributed by atoms with E-state index in [4.69, 9.17) is 34.8 Å². The number of hydrogen-bond acceptors (Lipinski definition) is 2. The predicted octanol–water partition coefficient (Wildman–Crippen LogP) is 5.35. The summed E-state index contributed by atoms with van der Waals surface area (Å²) in [5.41, 5.74) is 1.89. The van der Waals surface area contributed by atoms with Gasteiger partial charge in [-0.25, -0.2) is 9.97 Å². The van der Waals surface area contributed by atoms with Crippen LogP contribution in [0.5, 0.6) is 0 Å². The van der Waals surface area contributed by atoms with Crippen LogP contribution >= 0.6 is 50.7 Å². The van der Waals surface area contributed by atoms with Crippen molar-refractivity contribution in [3.63, 3.8) is 0 Å². The lowest BCUT2D eigenvalue weighted by atomic mass is 10.1. The lowest BCUT2D eigenvalue weighted by Crippen LogP contribution is -2.02. The molecule has 0 bridgehead atoms. The Kier molecular flexibility index (Phi) is 5.07. The van der Waals surface area contributed by atoms with Gasteiger partial charge in [0.2, 0.25) is 0 Å². The van der Waals surface area contributed by atoms with E-state index in [0.717, 1.165) is 22.2 Å². The van der Waals surface area contributed by atoms with Crippen molar-refractivity contribution in [2.45, 2.75) is 19.8 Å². The number of hydrogen-bond donors (Lipinski definition) is 0. The van der Waals surface area contributed by atoms with Gasteiger partial charge < -0.3 is 0 Å². The minimum Gasteiger partial charge on any atom is -0.236 e. The number of halogens is 4. The van der Waals surface area contributed by atoms with E-state index in [-0.39, 0.29) is 0 Å². The van der Waals surface area contributed by atoms with Crippen LogP contribution in [0, 0.1) is 0 Å². The maximum atomic E-state index is 6.08. The quantitative estimate of drug-likeness (QED) is 0.671. The lowest BCUT2D eigenvalue weighted by molar-refractivity contribution is 0.896. The molecule has 2 rings (SSSR count). The van der Waals surface area contributed by atoms with Gasteiger partial charge in [0.1, 0.15) is 11.0 Å². The minimum atomic E-state index is 0.432. The molecule has 19 heavy (non-hydrogen) atoms. The zero-order valence-electron chi connectivity index (χ0n) is 10.1. The normalized spacial score (nSPS) is 10.8. The summed E-state index contributed by atoms with van der Waals surface area (Å²) in [6.07, 6.45) is 1.36. The third-order valence-corrected chi connectivity index (χ3v) is 4.68. The molecule has 0 radical (unpaired) electrons. The molecule has 0 unspecified atom stereocenters. The van der Waals surface area contributed by atoms with Gasteiger partial charge in [-0.05, 0) is 40.0 Å². The van der Waals surface area contributed by atoms with Crippen molar-refractivity contribution in [1.82, 2.24) is 9.97 Å². The average molecular weight is 380 g/mol. The Morgan fingerprint density at radius 2 is 1.84 bits per heavy atom. The molecule has 0 fully saturated rings. The monoisotopic (exact) mass is 378 g/mol. The van der Waals surface area contributed by atoms with E-state index in [0.29, 0.717) is 27.4 Å². The molecule has 100 valence electrons. The smallest absolute Gasteiger partial charge is 0.147 e. The topological polar surface area (TPSA) is 25.8 Å². The van der Waals surface area contributed by atoms with Crippen LogP contribution in [0.1, 0.15) is 24.0 Å². The third kappa shape index (κ3) is 3.60. The van der Waals surface area contributed by atoms with Crippen molar-refractivity contribution in [3.8, 4) is 0 Å². The van der Waals surface area contributed by atoms with Crippen molar-refractivity contribution >= 4 is 50.7 Å². The van der Waals surface area contributed by atoms with Crippen molar-refractivity contribution in [1.29, 1.82) is 0 Å². The van der Waals surface area contributed by atoms with Gasteiger partial charge in [-0.3, -0.25) is 0 Å². The number of nitrogens with zero attached hydrogens (tertiary/aromatic N) is 2. The first-order valence-corrected chi connectivity index (χ1v) is 7.58. The number of aromatic nitrogens is 2. The first-order chi connectivity index (χ1) is 9.01. The molecule has 1 heterocycles. The fourth-order valence-corrected chi connectivity index (χ4v) is 2.64. The molecular weight excluding hydrogens is 370 g/mol. The highest BCUT2D eigenvalue weighted by Crippen LogP contribution is 2.26. The maximum absolute atomic E-state index is 6.08. The Bertz CT molecular complexity index is 617. The van der Waals surface area contributed by atoms with Crippen molar-refractivity contribution in [2.24, 2.45) is 0 Å². The van der Waals surface area contributed by atoms with Crippen molar-refractivity contribution in [3.05, 3.63) is 55.0 Å². The molecule has 0 saturated heterocycles. The SMILES string of the molecule is CCc1nc(Cc2ccc(Cl)c(Cl)c2)nc(Cl)c1Br. The van der Waals surface area contributed by atoms with E-state index in [1.807, 2.05) is 19.1 Å². The fourth-order valence-electron chi connectivity index (χ4n) is 1.66. The summed E-state index contributed by atoms with van der Waals surface area (Å²) in [6.45, 7) is 2.02. The highest BCUT2D eigenvalue weighted by molar-refractivity contribution is 9.10. The van der Waals surface area contributed by atoms with E-state index < -0.39 is 0 Å². The van der Waals surface area contributed by atoms with Gasteiger partial charge in [0.15, 0.2) is 0 Å². The summed E-state index contributed by atoms with van der Waals surface area (Å²) in [5, 5.41) is 1.49. The molecule has 0 amide bonds. The number of benzene rings is 1. The summed E-state index contributed by atoms with van der Waals surface area (Å²) >= 11 is 21.3. The van der Waals surface area contributed by atoms with Gasteiger partial charge in [-0.15, -0.1) is 0 Å². The van der Waals surface area contributed by atoms with Crippen LogP contribution in [-0.4, -0.2) is 9.97 Å². The molecule has 0 atom stereocenters. The molecule has 0 spiro atoms. The van der Waals surface area contributed by atoms with Crippen LogP contribution in [0.15, 0.2) is 22.7 Å². The third-order valence-electron chi connectivity index (χ3n) is 2.61. The first kappa shape index (κ1) is 15.0. The van der Waals surface area contributed by atoms with Gasteiger partial charge in [0, 0.05) is 6.42 Å². The molecule has 1 aromatic carbocycles. The molecule has 0 aliphatic carbocycles. The van der Waals surface area contributed by atoms with Gasteiger partial charge in [-0.2, -0.15) is 0 Å². The number of rotatable bonds is 3. The molecule has 0 saturated carbocycles. The van der Waals surface area contributed by atoms with Crippen molar-refractivity contribution < 1.29 is 0 Å². The summed E-state index contributed by atoms with van der Waals surface area (Å²) in [6, 6.07) is 5.48. The van der Waals surface area contributed by atoms with Gasteiger partial charge in [0.25, 0.3) is 0 Å². The van der Waals surface area contributed by atoms with Crippen LogP contribution in [0.4, 0.5) is 0 Å². The van der Waals surface area contributed by atoms with Crippen LogP contribution in [0.3, 0.4) is 0 Å². The number of aryl methyl sites for hydroxylation is 1. The Morgan fingerprint density at radius 3 is 2.47 bits per heavy atom. The second-order valence-corrected chi connectivity index (χ2v) is 5.94. The summed E-state index contributed by atoms with van der Waals surface area (Å²) in [4.78, 5) is 8.74. The molecular formula is C13H10BrCl3N2. The van der Waals surface area contributed by atoms with Crippen LogP contribution in [0.25, 0.3) is 0 Å². The highest BCUT2D eigenvalue weighted by atomic mass is 79.9. The maximum Gasteiger partial charge on any atom is 0.147 e. The second kappa shape index (κ2) is 6.40. The Hall–Kier alpha value is -0.350.